The maximum absolute atomic E-state index is 12.5. The van der Waals surface area contributed by atoms with Gasteiger partial charge in [-0.15, -0.1) is 0 Å². The summed E-state index contributed by atoms with van der Waals surface area (Å²) in [7, 11) is -3.65. The van der Waals surface area contributed by atoms with Gasteiger partial charge in [0.1, 0.15) is 0 Å². The van der Waals surface area contributed by atoms with Crippen LogP contribution in [0.3, 0.4) is 0 Å². The number of rotatable bonds is 3. The van der Waals surface area contributed by atoms with Gasteiger partial charge >= 0.3 is 5.97 Å². The lowest BCUT2D eigenvalue weighted by Crippen LogP contribution is -2.35. The largest absolute Gasteiger partial charge is 0.481 e. The minimum Gasteiger partial charge on any atom is -0.481 e. The second kappa shape index (κ2) is 4.88. The van der Waals surface area contributed by atoms with E-state index in [1.54, 1.807) is 25.1 Å². The second-order valence-electron chi connectivity index (χ2n) is 4.88. The first kappa shape index (κ1) is 14.5. The molecule has 0 saturated carbocycles. The zero-order valence-electron chi connectivity index (χ0n) is 10.3. The van der Waals surface area contributed by atoms with Crippen LogP contribution in [-0.4, -0.2) is 36.9 Å². The summed E-state index contributed by atoms with van der Waals surface area (Å²) < 4.78 is 26.7. The minimum absolute atomic E-state index is 0.00595. The van der Waals surface area contributed by atoms with Crippen molar-refractivity contribution in [2.24, 2.45) is 5.41 Å². The molecule has 0 bridgehead atoms. The highest BCUT2D eigenvalue weighted by molar-refractivity contribution is 9.10. The number of carbonyl (C=O) groups is 1. The molecule has 1 heterocycles. The molecule has 1 unspecified atom stereocenters. The summed E-state index contributed by atoms with van der Waals surface area (Å²) in [5.74, 6) is -0.961. The van der Waals surface area contributed by atoms with Gasteiger partial charge in [-0.1, -0.05) is 12.1 Å². The van der Waals surface area contributed by atoms with Crippen molar-refractivity contribution < 1.29 is 18.3 Å². The quantitative estimate of drug-likeness (QED) is 0.906. The standard InChI is InChI=1S/C12H14BrNO4S/c1-12(11(15)16)6-7-14(8-12)19(17,18)10-5-3-2-4-9(10)13/h2-5H,6-8H2,1H3,(H,15,16). The van der Waals surface area contributed by atoms with Gasteiger partial charge in [0.15, 0.2) is 0 Å². The summed E-state index contributed by atoms with van der Waals surface area (Å²) in [6.45, 7) is 1.81. The van der Waals surface area contributed by atoms with E-state index in [1.165, 1.54) is 10.4 Å². The van der Waals surface area contributed by atoms with E-state index in [0.29, 0.717) is 10.9 Å². The average Bonchev–Trinajstić information content (AvgIpc) is 2.74. The van der Waals surface area contributed by atoms with Gasteiger partial charge in [0.25, 0.3) is 0 Å². The fourth-order valence-corrected chi connectivity index (χ4v) is 4.62. The number of benzene rings is 1. The molecule has 1 atom stereocenters. The molecule has 1 aromatic rings. The number of carboxylic acid groups (broad SMARTS) is 1. The van der Waals surface area contributed by atoms with Crippen LogP contribution in [-0.2, 0) is 14.8 Å². The van der Waals surface area contributed by atoms with Gasteiger partial charge in [-0.2, -0.15) is 4.31 Å². The van der Waals surface area contributed by atoms with Crippen LogP contribution in [0.4, 0.5) is 0 Å². The van der Waals surface area contributed by atoms with Gasteiger partial charge in [-0.3, -0.25) is 4.79 Å². The van der Waals surface area contributed by atoms with Crippen molar-refractivity contribution in [1.82, 2.24) is 4.31 Å². The van der Waals surface area contributed by atoms with Gasteiger partial charge in [-0.25, -0.2) is 8.42 Å². The topological polar surface area (TPSA) is 74.7 Å². The molecule has 104 valence electrons. The van der Waals surface area contributed by atoms with Gasteiger partial charge in [-0.05, 0) is 41.4 Å². The molecule has 1 N–H and O–H groups in total. The molecule has 2 rings (SSSR count). The number of carboxylic acids is 1. The smallest absolute Gasteiger partial charge is 0.310 e. The molecule has 1 aliphatic rings. The molecular weight excluding hydrogens is 334 g/mol. The number of sulfonamides is 1. The molecule has 0 spiro atoms. The van der Waals surface area contributed by atoms with E-state index in [0.717, 1.165) is 0 Å². The zero-order chi connectivity index (χ0) is 14.3. The average molecular weight is 348 g/mol. The number of halogens is 1. The lowest BCUT2D eigenvalue weighted by molar-refractivity contribution is -0.146. The summed E-state index contributed by atoms with van der Waals surface area (Å²) >= 11 is 3.21. The van der Waals surface area contributed by atoms with Gasteiger partial charge < -0.3 is 5.11 Å². The monoisotopic (exact) mass is 347 g/mol. The Morgan fingerprint density at radius 2 is 2.05 bits per heavy atom. The van der Waals surface area contributed by atoms with Crippen LogP contribution in [0.2, 0.25) is 0 Å². The summed E-state index contributed by atoms with van der Waals surface area (Å²) in [5, 5.41) is 9.15. The number of aliphatic carboxylic acids is 1. The molecular formula is C12H14BrNO4S. The SMILES string of the molecule is CC1(C(=O)O)CCN(S(=O)(=O)c2ccccc2Br)C1. The normalized spacial score (nSPS) is 24.5. The van der Waals surface area contributed by atoms with Crippen LogP contribution in [0.15, 0.2) is 33.6 Å². The third-order valence-electron chi connectivity index (χ3n) is 3.41. The minimum atomic E-state index is -3.65. The van der Waals surface area contributed by atoms with Crippen molar-refractivity contribution in [3.63, 3.8) is 0 Å². The molecule has 7 heteroatoms. The molecule has 19 heavy (non-hydrogen) atoms. The molecule has 0 radical (unpaired) electrons. The summed E-state index contributed by atoms with van der Waals surface area (Å²) in [6.07, 6.45) is 0.325. The lowest BCUT2D eigenvalue weighted by Gasteiger charge is -2.20. The molecule has 5 nitrogen and oxygen atoms in total. The predicted octanol–water partition coefficient (Wildman–Crippen LogP) is 1.93. The third kappa shape index (κ3) is 2.54. The molecule has 0 aromatic heterocycles. The summed E-state index contributed by atoms with van der Waals surface area (Å²) in [5.41, 5.74) is -1.01. The van der Waals surface area contributed by atoms with Crippen LogP contribution in [0.5, 0.6) is 0 Å². The Bertz CT molecular complexity index is 616. The zero-order valence-corrected chi connectivity index (χ0v) is 12.7. The van der Waals surface area contributed by atoms with Crippen molar-refractivity contribution in [2.75, 3.05) is 13.1 Å². The van der Waals surface area contributed by atoms with Crippen molar-refractivity contribution in [2.45, 2.75) is 18.2 Å². The Kier molecular flexibility index (Phi) is 3.72. The first-order chi connectivity index (χ1) is 8.77. The molecule has 1 aromatic carbocycles. The van der Waals surface area contributed by atoms with Gasteiger partial charge in [0, 0.05) is 17.6 Å². The van der Waals surface area contributed by atoms with E-state index in [9.17, 15) is 13.2 Å². The highest BCUT2D eigenvalue weighted by atomic mass is 79.9. The van der Waals surface area contributed by atoms with Gasteiger partial charge in [0.2, 0.25) is 10.0 Å². The van der Waals surface area contributed by atoms with E-state index in [1.807, 2.05) is 0 Å². The maximum Gasteiger partial charge on any atom is 0.310 e. The van der Waals surface area contributed by atoms with E-state index >= 15 is 0 Å². The fraction of sp³-hybridized carbons (Fsp3) is 0.417. The third-order valence-corrected chi connectivity index (χ3v) is 6.27. The Balaban J connectivity index is 2.34. The summed E-state index contributed by atoms with van der Waals surface area (Å²) in [4.78, 5) is 11.3. The molecule has 1 aliphatic heterocycles. The van der Waals surface area contributed by atoms with E-state index < -0.39 is 21.4 Å². The molecule has 1 fully saturated rings. The maximum atomic E-state index is 12.5. The molecule has 1 saturated heterocycles. The highest BCUT2D eigenvalue weighted by Crippen LogP contribution is 2.35. The second-order valence-corrected chi connectivity index (χ2v) is 7.65. The lowest BCUT2D eigenvalue weighted by atomic mass is 9.90. The Morgan fingerprint density at radius 1 is 1.42 bits per heavy atom. The van der Waals surface area contributed by atoms with Crippen LogP contribution < -0.4 is 0 Å². The Morgan fingerprint density at radius 3 is 2.58 bits per heavy atom. The van der Waals surface area contributed by atoms with Crippen LogP contribution in [0, 0.1) is 5.41 Å². The van der Waals surface area contributed by atoms with E-state index in [-0.39, 0.29) is 18.0 Å². The van der Waals surface area contributed by atoms with Crippen LogP contribution in [0.25, 0.3) is 0 Å². The van der Waals surface area contributed by atoms with E-state index in [2.05, 4.69) is 15.9 Å². The number of hydrogen-bond acceptors (Lipinski definition) is 3. The summed E-state index contributed by atoms with van der Waals surface area (Å²) in [6, 6.07) is 6.54. The van der Waals surface area contributed by atoms with Crippen molar-refractivity contribution in [3.05, 3.63) is 28.7 Å². The van der Waals surface area contributed by atoms with Crippen molar-refractivity contribution in [3.8, 4) is 0 Å². The first-order valence-electron chi connectivity index (χ1n) is 5.75. The highest BCUT2D eigenvalue weighted by Gasteiger charge is 2.45. The Labute approximate surface area is 120 Å². The van der Waals surface area contributed by atoms with Gasteiger partial charge in [0.05, 0.1) is 10.3 Å². The first-order valence-corrected chi connectivity index (χ1v) is 7.99. The molecule has 0 aliphatic carbocycles. The van der Waals surface area contributed by atoms with Crippen molar-refractivity contribution in [1.29, 1.82) is 0 Å². The fourth-order valence-electron chi connectivity index (χ4n) is 2.09. The van der Waals surface area contributed by atoms with Crippen molar-refractivity contribution >= 4 is 31.9 Å². The van der Waals surface area contributed by atoms with Crippen LogP contribution in [0.1, 0.15) is 13.3 Å². The van der Waals surface area contributed by atoms with Crippen LogP contribution >= 0.6 is 15.9 Å². The predicted molar refractivity (Wildman–Crippen MR) is 73.3 cm³/mol. The number of nitrogens with zero attached hydrogens (tertiary/aromatic N) is 1. The Hall–Kier alpha value is -0.920. The van der Waals surface area contributed by atoms with E-state index in [4.69, 9.17) is 5.11 Å². The molecule has 0 amide bonds. The number of hydrogen-bond donors (Lipinski definition) is 1.